The van der Waals surface area contributed by atoms with Crippen LogP contribution in [0.1, 0.15) is 32.6 Å². The van der Waals surface area contributed by atoms with E-state index in [0.717, 1.165) is 0 Å². The molecule has 0 radical (unpaired) electrons. The van der Waals surface area contributed by atoms with Crippen LogP contribution in [-0.4, -0.2) is 47.7 Å². The van der Waals surface area contributed by atoms with Crippen LogP contribution in [0.25, 0.3) is 0 Å². The lowest BCUT2D eigenvalue weighted by molar-refractivity contribution is -0.294. The van der Waals surface area contributed by atoms with Crippen molar-refractivity contribution in [2.75, 3.05) is 6.61 Å². The van der Waals surface area contributed by atoms with Gasteiger partial charge in [-0.25, -0.2) is 0 Å². The van der Waals surface area contributed by atoms with Crippen LogP contribution < -0.4 is 0 Å². The summed E-state index contributed by atoms with van der Waals surface area (Å²) in [5.74, 6) is -16.8. The number of esters is 1. The molecule has 0 fully saturated rings. The van der Waals surface area contributed by atoms with Crippen molar-refractivity contribution in [3.05, 3.63) is 0 Å². The Morgan fingerprint density at radius 3 is 1.79 bits per heavy atom. The van der Waals surface area contributed by atoms with Crippen LogP contribution in [0.5, 0.6) is 0 Å². The van der Waals surface area contributed by atoms with Crippen molar-refractivity contribution in [2.45, 2.75) is 62.7 Å². The van der Waals surface area contributed by atoms with Crippen molar-refractivity contribution >= 4 is 5.97 Å². The minimum atomic E-state index is -6.15. The summed E-state index contributed by atoms with van der Waals surface area (Å²) in [6, 6.07) is 0. The number of aliphatic hydroxyl groups excluding tert-OH is 1. The van der Waals surface area contributed by atoms with Gasteiger partial charge in [-0.1, -0.05) is 6.92 Å². The van der Waals surface area contributed by atoms with Crippen LogP contribution in [0.15, 0.2) is 0 Å². The zero-order chi connectivity index (χ0) is 19.4. The molecule has 1 atom stereocenters. The maximum atomic E-state index is 13.4. The van der Waals surface area contributed by atoms with E-state index in [1.54, 1.807) is 0 Å². The van der Waals surface area contributed by atoms with Crippen molar-refractivity contribution in [2.24, 2.45) is 0 Å². The molecule has 0 aliphatic heterocycles. The van der Waals surface area contributed by atoms with Gasteiger partial charge in [-0.2, -0.15) is 39.5 Å². The molecule has 0 aliphatic carbocycles. The van der Waals surface area contributed by atoms with E-state index >= 15 is 0 Å². The molecular weight excluding hydrogens is 363 g/mol. The van der Waals surface area contributed by atoms with Crippen molar-refractivity contribution in [1.29, 1.82) is 0 Å². The third-order valence-corrected chi connectivity index (χ3v) is 2.92. The van der Waals surface area contributed by atoms with Gasteiger partial charge in [0.2, 0.25) is 0 Å². The molecule has 0 amide bonds. The molecule has 1 N–H and O–H groups in total. The summed E-state index contributed by atoms with van der Waals surface area (Å²) in [6.07, 6.45) is -15.5. The molecule has 0 bridgehead atoms. The van der Waals surface area contributed by atoms with E-state index in [0.29, 0.717) is 0 Å². The SMILES string of the molecule is CCC(=O)OCC(O)CC(F)(F)C(F)(F)CCC(F)(F)C(F)(F)F. The van der Waals surface area contributed by atoms with E-state index in [2.05, 4.69) is 4.74 Å². The average molecular weight is 378 g/mol. The van der Waals surface area contributed by atoms with Gasteiger partial charge < -0.3 is 9.84 Å². The minimum absolute atomic E-state index is 0.175. The molecule has 0 aromatic rings. The first-order valence-corrected chi connectivity index (χ1v) is 6.59. The van der Waals surface area contributed by atoms with Gasteiger partial charge in [-0.15, -0.1) is 0 Å². The van der Waals surface area contributed by atoms with Crippen LogP contribution in [0.3, 0.4) is 0 Å². The lowest BCUT2D eigenvalue weighted by Crippen LogP contribution is -2.46. The van der Waals surface area contributed by atoms with Crippen LogP contribution in [0.2, 0.25) is 0 Å². The highest BCUT2D eigenvalue weighted by molar-refractivity contribution is 5.68. The zero-order valence-corrected chi connectivity index (χ0v) is 12.3. The summed E-state index contributed by atoms with van der Waals surface area (Å²) in [5.41, 5.74) is 0. The van der Waals surface area contributed by atoms with E-state index in [-0.39, 0.29) is 6.42 Å². The van der Waals surface area contributed by atoms with Gasteiger partial charge in [0.25, 0.3) is 0 Å². The lowest BCUT2D eigenvalue weighted by atomic mass is 9.98. The van der Waals surface area contributed by atoms with Gasteiger partial charge >= 0.3 is 29.9 Å². The summed E-state index contributed by atoms with van der Waals surface area (Å²) in [6.45, 7) is 0.287. The highest BCUT2D eigenvalue weighted by atomic mass is 19.4. The van der Waals surface area contributed by atoms with Gasteiger partial charge in [0, 0.05) is 25.7 Å². The van der Waals surface area contributed by atoms with Crippen molar-refractivity contribution in [1.82, 2.24) is 0 Å². The monoisotopic (exact) mass is 378 g/mol. The number of aliphatic hydroxyl groups is 1. The van der Waals surface area contributed by atoms with E-state index in [1.165, 1.54) is 6.92 Å². The van der Waals surface area contributed by atoms with Gasteiger partial charge in [-0.05, 0) is 0 Å². The molecule has 0 heterocycles. The second kappa shape index (κ2) is 7.79. The van der Waals surface area contributed by atoms with E-state index in [1.807, 2.05) is 0 Å². The standard InChI is InChI=1S/C12H15F9O3/c1-2-8(23)24-6-7(22)5-11(17,18)9(13,14)3-4-10(15,16)12(19,20)21/h7,22H,2-6H2,1H3. The summed E-state index contributed by atoms with van der Waals surface area (Å²) in [7, 11) is 0. The first-order valence-electron chi connectivity index (χ1n) is 6.59. The van der Waals surface area contributed by atoms with Gasteiger partial charge in [-0.3, -0.25) is 4.79 Å². The van der Waals surface area contributed by atoms with Crippen LogP contribution >= 0.6 is 0 Å². The third-order valence-electron chi connectivity index (χ3n) is 2.92. The van der Waals surface area contributed by atoms with Gasteiger partial charge in [0.1, 0.15) is 6.61 Å². The average Bonchev–Trinajstić information content (AvgIpc) is 2.40. The molecule has 144 valence electrons. The summed E-state index contributed by atoms with van der Waals surface area (Å²) >= 11 is 0. The van der Waals surface area contributed by atoms with E-state index in [9.17, 15) is 44.3 Å². The Balaban J connectivity index is 4.77. The van der Waals surface area contributed by atoms with Gasteiger partial charge in [0.15, 0.2) is 0 Å². The molecular formula is C12H15F9O3. The Bertz CT molecular complexity index is 420. The van der Waals surface area contributed by atoms with Crippen LogP contribution in [0, 0.1) is 0 Å². The Morgan fingerprint density at radius 2 is 1.38 bits per heavy atom. The highest BCUT2D eigenvalue weighted by Gasteiger charge is 2.62. The predicted molar refractivity (Wildman–Crippen MR) is 62.0 cm³/mol. The molecule has 1 unspecified atom stereocenters. The Kier molecular flexibility index (Phi) is 7.40. The number of hydrogen-bond acceptors (Lipinski definition) is 3. The molecule has 0 saturated carbocycles. The maximum Gasteiger partial charge on any atom is 0.453 e. The number of carbonyl (C=O) groups is 1. The summed E-state index contributed by atoms with van der Waals surface area (Å²) < 4.78 is 118. The quantitative estimate of drug-likeness (QED) is 0.488. The summed E-state index contributed by atoms with van der Waals surface area (Å²) in [5, 5.41) is 9.13. The van der Waals surface area contributed by atoms with Crippen LogP contribution in [-0.2, 0) is 9.53 Å². The summed E-state index contributed by atoms with van der Waals surface area (Å²) in [4.78, 5) is 10.7. The predicted octanol–water partition coefficient (Wildman–Crippen LogP) is 3.94. The lowest BCUT2D eigenvalue weighted by Gasteiger charge is -2.29. The largest absolute Gasteiger partial charge is 0.463 e. The smallest absolute Gasteiger partial charge is 0.453 e. The van der Waals surface area contributed by atoms with Crippen molar-refractivity contribution in [3.8, 4) is 0 Å². The number of ether oxygens (including phenoxy) is 1. The Hall–Kier alpha value is -1.20. The number of rotatable bonds is 9. The molecule has 0 spiro atoms. The number of alkyl halides is 9. The number of hydrogen-bond donors (Lipinski definition) is 1. The second-order valence-corrected chi connectivity index (χ2v) is 5.01. The normalized spacial score (nSPS) is 15.3. The molecule has 0 rings (SSSR count). The number of carbonyl (C=O) groups excluding carboxylic acids is 1. The molecule has 12 heteroatoms. The molecule has 0 aliphatic rings. The zero-order valence-electron chi connectivity index (χ0n) is 12.3. The Morgan fingerprint density at radius 1 is 0.917 bits per heavy atom. The Labute approximate surface area is 130 Å². The van der Waals surface area contributed by atoms with E-state index < -0.39 is 61.9 Å². The fraction of sp³-hybridized carbons (Fsp3) is 0.917. The highest BCUT2D eigenvalue weighted by Crippen LogP contribution is 2.46. The maximum absolute atomic E-state index is 13.4. The minimum Gasteiger partial charge on any atom is -0.463 e. The van der Waals surface area contributed by atoms with Crippen LogP contribution in [0.4, 0.5) is 39.5 Å². The number of halogens is 9. The third kappa shape index (κ3) is 6.36. The molecule has 0 aromatic heterocycles. The topological polar surface area (TPSA) is 46.5 Å². The second-order valence-electron chi connectivity index (χ2n) is 5.01. The molecule has 3 nitrogen and oxygen atoms in total. The molecule has 0 aromatic carbocycles. The van der Waals surface area contributed by atoms with E-state index in [4.69, 9.17) is 5.11 Å². The molecule has 24 heavy (non-hydrogen) atoms. The fourth-order valence-corrected chi connectivity index (χ4v) is 1.43. The fourth-order valence-electron chi connectivity index (χ4n) is 1.43. The first-order chi connectivity index (χ1) is 10.6. The van der Waals surface area contributed by atoms with Gasteiger partial charge in [0.05, 0.1) is 6.10 Å². The van der Waals surface area contributed by atoms with Crippen molar-refractivity contribution in [3.63, 3.8) is 0 Å². The first kappa shape index (κ1) is 22.8. The van der Waals surface area contributed by atoms with Crippen molar-refractivity contribution < 1.29 is 54.2 Å². The molecule has 0 saturated heterocycles.